The van der Waals surface area contributed by atoms with Crippen LogP contribution in [0.15, 0.2) is 0 Å². The topological polar surface area (TPSA) is 41.5 Å². The second-order valence-electron chi connectivity index (χ2n) is 3.01. The molecule has 1 aliphatic rings. The predicted molar refractivity (Wildman–Crippen MR) is 43.5 cm³/mol. The van der Waals surface area contributed by atoms with Crippen molar-refractivity contribution in [3.8, 4) is 0 Å². The van der Waals surface area contributed by atoms with Crippen LogP contribution in [0.3, 0.4) is 0 Å². The van der Waals surface area contributed by atoms with Crippen molar-refractivity contribution >= 4 is 0 Å². The zero-order valence-corrected chi connectivity index (χ0v) is 6.88. The molecule has 0 aromatic heterocycles. The highest BCUT2D eigenvalue weighted by atomic mass is 16.5. The van der Waals surface area contributed by atoms with Gasteiger partial charge in [-0.15, -0.1) is 0 Å². The molecule has 1 saturated heterocycles. The molecule has 3 nitrogen and oxygen atoms in total. The van der Waals surface area contributed by atoms with E-state index in [0.717, 1.165) is 32.7 Å². The van der Waals surface area contributed by atoms with Crippen molar-refractivity contribution in [2.75, 3.05) is 32.9 Å². The Balaban J connectivity index is 1.86. The van der Waals surface area contributed by atoms with Gasteiger partial charge in [0, 0.05) is 19.8 Å². The van der Waals surface area contributed by atoms with Crippen LogP contribution in [0.2, 0.25) is 0 Å². The van der Waals surface area contributed by atoms with E-state index >= 15 is 0 Å². The summed E-state index contributed by atoms with van der Waals surface area (Å²) in [4.78, 5) is 0. The quantitative estimate of drug-likeness (QED) is 0.555. The van der Waals surface area contributed by atoms with Crippen molar-refractivity contribution in [3.05, 3.63) is 0 Å². The van der Waals surface area contributed by atoms with E-state index in [1.165, 1.54) is 6.42 Å². The lowest BCUT2D eigenvalue weighted by molar-refractivity contribution is 0.185. The van der Waals surface area contributed by atoms with Crippen LogP contribution in [0.25, 0.3) is 0 Å². The number of aliphatic hydroxyl groups is 1. The molecule has 1 unspecified atom stereocenters. The van der Waals surface area contributed by atoms with Crippen LogP contribution in [0.1, 0.15) is 12.8 Å². The van der Waals surface area contributed by atoms with Crippen molar-refractivity contribution < 1.29 is 9.84 Å². The first-order valence-corrected chi connectivity index (χ1v) is 4.33. The third-order valence-electron chi connectivity index (χ3n) is 1.97. The van der Waals surface area contributed by atoms with Gasteiger partial charge in [0.15, 0.2) is 0 Å². The smallest absolute Gasteiger partial charge is 0.0507 e. The molecule has 0 aromatic rings. The zero-order valence-electron chi connectivity index (χ0n) is 6.88. The van der Waals surface area contributed by atoms with Crippen LogP contribution in [0, 0.1) is 5.92 Å². The Labute approximate surface area is 67.7 Å². The number of rotatable bonds is 5. The highest BCUT2D eigenvalue weighted by Crippen LogP contribution is 2.10. The highest BCUT2D eigenvalue weighted by Gasteiger charge is 2.14. The molecule has 1 aliphatic heterocycles. The van der Waals surface area contributed by atoms with E-state index in [9.17, 15) is 0 Å². The summed E-state index contributed by atoms with van der Waals surface area (Å²) in [6.07, 6.45) is 2.04. The summed E-state index contributed by atoms with van der Waals surface area (Å²) < 4.78 is 5.22. The first-order valence-electron chi connectivity index (χ1n) is 4.33. The lowest BCUT2D eigenvalue weighted by Crippen LogP contribution is -2.24. The van der Waals surface area contributed by atoms with E-state index in [1.54, 1.807) is 0 Å². The van der Waals surface area contributed by atoms with Crippen molar-refractivity contribution in [1.29, 1.82) is 0 Å². The van der Waals surface area contributed by atoms with E-state index in [0.29, 0.717) is 5.92 Å². The summed E-state index contributed by atoms with van der Waals surface area (Å²) in [6, 6.07) is 0. The predicted octanol–water partition coefficient (Wildman–Crippen LogP) is -0.00510. The van der Waals surface area contributed by atoms with Crippen molar-refractivity contribution in [3.63, 3.8) is 0 Å². The molecule has 0 aromatic carbocycles. The molecule has 0 bridgehead atoms. The molecule has 0 aliphatic carbocycles. The molecule has 0 spiro atoms. The van der Waals surface area contributed by atoms with Gasteiger partial charge in [-0.3, -0.25) is 0 Å². The molecule has 0 radical (unpaired) electrons. The molecular formula is C8H17NO2. The molecule has 1 heterocycles. The first kappa shape index (κ1) is 8.97. The van der Waals surface area contributed by atoms with Gasteiger partial charge in [-0.25, -0.2) is 0 Å². The molecule has 3 heteroatoms. The Morgan fingerprint density at radius 3 is 3.09 bits per heavy atom. The van der Waals surface area contributed by atoms with Crippen LogP contribution >= 0.6 is 0 Å². The van der Waals surface area contributed by atoms with Gasteiger partial charge in [0.1, 0.15) is 0 Å². The Kier molecular flexibility index (Phi) is 4.50. The van der Waals surface area contributed by atoms with E-state index in [1.807, 2.05) is 0 Å². The fourth-order valence-corrected chi connectivity index (χ4v) is 1.25. The van der Waals surface area contributed by atoms with Gasteiger partial charge in [-0.05, 0) is 25.3 Å². The molecule has 66 valence electrons. The first-order chi connectivity index (χ1) is 5.43. The lowest BCUT2D eigenvalue weighted by Gasteiger charge is -2.07. The van der Waals surface area contributed by atoms with Gasteiger partial charge in [0.05, 0.1) is 6.61 Å². The SMILES string of the molecule is OCCCNCC1CCOC1. The summed E-state index contributed by atoms with van der Waals surface area (Å²) in [5.41, 5.74) is 0. The van der Waals surface area contributed by atoms with Crippen LogP contribution in [0.4, 0.5) is 0 Å². The van der Waals surface area contributed by atoms with E-state index < -0.39 is 0 Å². The third-order valence-corrected chi connectivity index (χ3v) is 1.97. The number of aliphatic hydroxyl groups excluding tert-OH is 1. The second-order valence-corrected chi connectivity index (χ2v) is 3.01. The van der Waals surface area contributed by atoms with Gasteiger partial charge in [0.2, 0.25) is 0 Å². The number of hydrogen-bond acceptors (Lipinski definition) is 3. The van der Waals surface area contributed by atoms with E-state index in [-0.39, 0.29) is 6.61 Å². The molecular weight excluding hydrogens is 142 g/mol. The van der Waals surface area contributed by atoms with Gasteiger partial charge in [-0.2, -0.15) is 0 Å². The Morgan fingerprint density at radius 2 is 2.45 bits per heavy atom. The van der Waals surface area contributed by atoms with Crippen LogP contribution in [0.5, 0.6) is 0 Å². The molecule has 1 fully saturated rings. The van der Waals surface area contributed by atoms with Crippen LogP contribution in [-0.2, 0) is 4.74 Å². The normalized spacial score (nSPS) is 24.3. The molecule has 2 N–H and O–H groups in total. The summed E-state index contributed by atoms with van der Waals surface area (Å²) in [7, 11) is 0. The van der Waals surface area contributed by atoms with E-state index in [4.69, 9.17) is 9.84 Å². The minimum absolute atomic E-state index is 0.286. The average molecular weight is 159 g/mol. The van der Waals surface area contributed by atoms with Gasteiger partial charge >= 0.3 is 0 Å². The van der Waals surface area contributed by atoms with Crippen molar-refractivity contribution in [1.82, 2.24) is 5.32 Å². The van der Waals surface area contributed by atoms with E-state index in [2.05, 4.69) is 5.32 Å². The van der Waals surface area contributed by atoms with Gasteiger partial charge in [-0.1, -0.05) is 0 Å². The summed E-state index contributed by atoms with van der Waals surface area (Å²) >= 11 is 0. The fraction of sp³-hybridized carbons (Fsp3) is 1.00. The van der Waals surface area contributed by atoms with Gasteiger partial charge < -0.3 is 15.2 Å². The molecule has 0 saturated carbocycles. The summed E-state index contributed by atoms with van der Waals surface area (Å²) in [5, 5.41) is 11.8. The maximum absolute atomic E-state index is 8.49. The third kappa shape index (κ3) is 3.70. The van der Waals surface area contributed by atoms with Crippen LogP contribution in [-0.4, -0.2) is 38.0 Å². The maximum atomic E-state index is 8.49. The minimum atomic E-state index is 0.286. The number of hydrogen-bond donors (Lipinski definition) is 2. The largest absolute Gasteiger partial charge is 0.396 e. The Hall–Kier alpha value is -0.120. The standard InChI is InChI=1S/C8H17NO2/c10-4-1-3-9-6-8-2-5-11-7-8/h8-10H,1-7H2. The number of ether oxygens (including phenoxy) is 1. The second kappa shape index (κ2) is 5.52. The zero-order chi connectivity index (χ0) is 7.94. The van der Waals surface area contributed by atoms with Crippen molar-refractivity contribution in [2.45, 2.75) is 12.8 Å². The van der Waals surface area contributed by atoms with Crippen molar-refractivity contribution in [2.24, 2.45) is 5.92 Å². The molecule has 1 rings (SSSR count). The summed E-state index contributed by atoms with van der Waals surface area (Å²) in [6.45, 7) is 4.08. The average Bonchev–Trinajstić information content (AvgIpc) is 2.50. The Morgan fingerprint density at radius 1 is 1.55 bits per heavy atom. The molecule has 1 atom stereocenters. The maximum Gasteiger partial charge on any atom is 0.0507 e. The molecule has 0 amide bonds. The number of nitrogens with one attached hydrogen (secondary N) is 1. The lowest BCUT2D eigenvalue weighted by atomic mass is 10.1. The monoisotopic (exact) mass is 159 g/mol. The fourth-order valence-electron chi connectivity index (χ4n) is 1.25. The van der Waals surface area contributed by atoms with Gasteiger partial charge in [0.25, 0.3) is 0 Å². The summed E-state index contributed by atoms with van der Waals surface area (Å²) in [5.74, 6) is 0.702. The minimum Gasteiger partial charge on any atom is -0.396 e. The molecule has 11 heavy (non-hydrogen) atoms. The highest BCUT2D eigenvalue weighted by molar-refractivity contribution is 4.66. The van der Waals surface area contributed by atoms with Crippen LogP contribution < -0.4 is 5.32 Å². The Bertz CT molecular complexity index is 92.1.